The Labute approximate surface area is 185 Å². The van der Waals surface area contributed by atoms with Gasteiger partial charge in [-0.15, -0.1) is 0 Å². The van der Waals surface area contributed by atoms with Gasteiger partial charge in [-0.3, -0.25) is 4.79 Å². The summed E-state index contributed by atoms with van der Waals surface area (Å²) in [7, 11) is -4.07. The Balaban J connectivity index is 1.83. The van der Waals surface area contributed by atoms with Crippen LogP contribution in [0.4, 0.5) is 18.9 Å². The van der Waals surface area contributed by atoms with E-state index in [9.17, 15) is 26.4 Å². The van der Waals surface area contributed by atoms with Gasteiger partial charge in [-0.25, -0.2) is 26.3 Å². The number of amides is 1. The third-order valence-corrected chi connectivity index (χ3v) is 6.35. The highest BCUT2D eigenvalue weighted by atomic mass is 79.9. The summed E-state index contributed by atoms with van der Waals surface area (Å²) in [5.74, 6) is -4.06. The van der Waals surface area contributed by atoms with Crippen LogP contribution in [-0.4, -0.2) is 14.3 Å². The average Bonchev–Trinajstić information content (AvgIpc) is 2.70. The number of aryl methyl sites for hydroxylation is 1. The molecule has 5 nitrogen and oxygen atoms in total. The Morgan fingerprint density at radius 2 is 1.65 bits per heavy atom. The van der Waals surface area contributed by atoms with Gasteiger partial charge in [-0.2, -0.15) is 0 Å². The van der Waals surface area contributed by atoms with Crippen LogP contribution in [0.2, 0.25) is 0 Å². The highest BCUT2D eigenvalue weighted by Crippen LogP contribution is 2.28. The highest BCUT2D eigenvalue weighted by molar-refractivity contribution is 9.10. The maximum atomic E-state index is 14.2. The van der Waals surface area contributed by atoms with E-state index < -0.39 is 44.6 Å². The van der Waals surface area contributed by atoms with Gasteiger partial charge < -0.3 is 5.32 Å². The largest absolute Gasteiger partial charge is 0.318 e. The summed E-state index contributed by atoms with van der Waals surface area (Å²) in [6.07, 6.45) is 0. The Kier molecular flexibility index (Phi) is 6.83. The van der Waals surface area contributed by atoms with Gasteiger partial charge in [0.1, 0.15) is 11.6 Å². The molecule has 0 aliphatic carbocycles. The van der Waals surface area contributed by atoms with E-state index in [2.05, 4.69) is 26.0 Å². The van der Waals surface area contributed by atoms with Crippen LogP contribution in [-0.2, 0) is 16.6 Å². The van der Waals surface area contributed by atoms with Gasteiger partial charge in [-0.1, -0.05) is 29.8 Å². The number of benzene rings is 3. The molecule has 3 rings (SSSR count). The summed E-state index contributed by atoms with van der Waals surface area (Å²) >= 11 is 2.92. The zero-order valence-electron chi connectivity index (χ0n) is 16.0. The molecule has 0 bridgehead atoms. The van der Waals surface area contributed by atoms with Crippen LogP contribution in [0.15, 0.2) is 64.0 Å². The molecular weight excluding hydrogens is 497 g/mol. The molecule has 1 amide bonds. The lowest BCUT2D eigenvalue weighted by molar-refractivity contribution is 0.102. The lowest BCUT2D eigenvalue weighted by atomic mass is 10.2. The number of hydrogen-bond acceptors (Lipinski definition) is 3. The Morgan fingerprint density at radius 1 is 0.968 bits per heavy atom. The first-order valence-corrected chi connectivity index (χ1v) is 11.1. The molecule has 0 fully saturated rings. The first-order valence-electron chi connectivity index (χ1n) is 8.87. The minimum Gasteiger partial charge on any atom is -0.318 e. The Bertz CT molecular complexity index is 1230. The molecule has 0 unspecified atom stereocenters. The summed E-state index contributed by atoms with van der Waals surface area (Å²) in [6, 6.07) is 11.3. The predicted molar refractivity (Wildman–Crippen MR) is 114 cm³/mol. The van der Waals surface area contributed by atoms with Crippen LogP contribution in [0.1, 0.15) is 21.5 Å². The lowest BCUT2D eigenvalue weighted by Crippen LogP contribution is -2.24. The van der Waals surface area contributed by atoms with Gasteiger partial charge in [-0.05, 0) is 52.7 Å². The molecule has 0 heterocycles. The van der Waals surface area contributed by atoms with Crippen molar-refractivity contribution in [2.45, 2.75) is 18.4 Å². The molecule has 0 spiro atoms. The van der Waals surface area contributed by atoms with Gasteiger partial charge in [0.25, 0.3) is 5.91 Å². The van der Waals surface area contributed by atoms with E-state index in [4.69, 9.17) is 0 Å². The first kappa shape index (κ1) is 23.0. The fourth-order valence-electron chi connectivity index (χ4n) is 2.66. The zero-order chi connectivity index (χ0) is 22.8. The van der Waals surface area contributed by atoms with Crippen LogP contribution in [0.25, 0.3) is 0 Å². The second kappa shape index (κ2) is 9.21. The standard InChI is InChI=1S/C21H16BrF3N2O3S/c1-12-2-4-13(5-3-12)11-26-31(29,30)15-6-7-18(24)16(10-15)21(28)27-20-17(22)8-14(23)9-19(20)25/h2-10,26H,11H2,1H3,(H,27,28). The predicted octanol–water partition coefficient (Wildman–Crippen LogP) is 4.91. The molecule has 31 heavy (non-hydrogen) atoms. The molecule has 0 aliphatic rings. The molecular formula is C21H16BrF3N2O3S. The summed E-state index contributed by atoms with van der Waals surface area (Å²) < 4.78 is 68.9. The van der Waals surface area contributed by atoms with Crippen molar-refractivity contribution < 1.29 is 26.4 Å². The van der Waals surface area contributed by atoms with Gasteiger partial charge in [0.05, 0.1) is 16.1 Å². The molecule has 162 valence electrons. The average molecular weight is 513 g/mol. The van der Waals surface area contributed by atoms with Crippen LogP contribution in [0.5, 0.6) is 0 Å². The minimum atomic E-state index is -4.07. The molecule has 0 radical (unpaired) electrons. The smallest absolute Gasteiger partial charge is 0.258 e. The number of carbonyl (C=O) groups excluding carboxylic acids is 1. The molecule has 0 saturated heterocycles. The van der Waals surface area contributed by atoms with Crippen LogP contribution in [0.3, 0.4) is 0 Å². The number of sulfonamides is 1. The van der Waals surface area contributed by atoms with E-state index in [0.717, 1.165) is 29.8 Å². The molecule has 0 aromatic heterocycles. The van der Waals surface area contributed by atoms with Crippen LogP contribution in [0, 0.1) is 24.4 Å². The van der Waals surface area contributed by atoms with Crippen molar-refractivity contribution >= 4 is 37.5 Å². The topological polar surface area (TPSA) is 75.3 Å². The van der Waals surface area contributed by atoms with Crippen molar-refractivity contribution in [3.63, 3.8) is 0 Å². The van der Waals surface area contributed by atoms with Gasteiger partial charge in [0, 0.05) is 17.1 Å². The maximum Gasteiger partial charge on any atom is 0.258 e. The summed E-state index contributed by atoms with van der Waals surface area (Å²) in [5.41, 5.74) is 0.710. The van der Waals surface area contributed by atoms with E-state index in [0.29, 0.717) is 11.6 Å². The quantitative estimate of drug-likeness (QED) is 0.492. The lowest BCUT2D eigenvalue weighted by Gasteiger charge is -2.12. The summed E-state index contributed by atoms with van der Waals surface area (Å²) in [6.45, 7) is 1.89. The van der Waals surface area contributed by atoms with Gasteiger partial charge in [0.15, 0.2) is 5.82 Å². The van der Waals surface area contributed by atoms with Crippen LogP contribution >= 0.6 is 15.9 Å². The molecule has 3 aromatic carbocycles. The SMILES string of the molecule is Cc1ccc(CNS(=O)(=O)c2ccc(F)c(C(=O)Nc3c(F)cc(F)cc3Br)c2)cc1. The highest BCUT2D eigenvalue weighted by Gasteiger charge is 2.21. The third-order valence-electron chi connectivity index (χ3n) is 4.33. The molecule has 3 aromatic rings. The maximum absolute atomic E-state index is 14.2. The van der Waals surface area contributed by atoms with Crippen molar-refractivity contribution in [3.05, 3.63) is 93.2 Å². The number of hydrogen-bond donors (Lipinski definition) is 2. The molecule has 10 heteroatoms. The molecule has 0 saturated carbocycles. The van der Waals surface area contributed by atoms with Gasteiger partial charge >= 0.3 is 0 Å². The van der Waals surface area contributed by atoms with Crippen molar-refractivity contribution in [2.75, 3.05) is 5.32 Å². The number of nitrogens with one attached hydrogen (secondary N) is 2. The fraction of sp³-hybridized carbons (Fsp3) is 0.0952. The number of rotatable bonds is 6. The minimum absolute atomic E-state index is 0.00471. The second-order valence-electron chi connectivity index (χ2n) is 6.65. The van der Waals surface area contributed by atoms with Crippen molar-refractivity contribution in [2.24, 2.45) is 0 Å². The summed E-state index contributed by atoms with van der Waals surface area (Å²) in [5, 5.41) is 2.12. The van der Waals surface area contributed by atoms with Gasteiger partial charge in [0.2, 0.25) is 10.0 Å². The number of anilines is 1. The fourth-order valence-corrected chi connectivity index (χ4v) is 4.21. The normalized spacial score (nSPS) is 11.4. The van der Waals surface area contributed by atoms with E-state index >= 15 is 0 Å². The zero-order valence-corrected chi connectivity index (χ0v) is 18.5. The van der Waals surface area contributed by atoms with Crippen molar-refractivity contribution in [1.82, 2.24) is 4.72 Å². The molecule has 2 N–H and O–H groups in total. The van der Waals surface area contributed by atoms with E-state index in [-0.39, 0.29) is 15.9 Å². The Hall–Kier alpha value is -2.69. The van der Waals surface area contributed by atoms with Crippen molar-refractivity contribution in [3.8, 4) is 0 Å². The molecule has 0 atom stereocenters. The van der Waals surface area contributed by atoms with Crippen LogP contribution < -0.4 is 10.0 Å². The Morgan fingerprint density at radius 3 is 2.29 bits per heavy atom. The number of halogens is 4. The van der Waals surface area contributed by atoms with E-state index in [1.54, 1.807) is 12.1 Å². The van der Waals surface area contributed by atoms with E-state index in [1.807, 2.05) is 19.1 Å². The van der Waals surface area contributed by atoms with Crippen molar-refractivity contribution in [1.29, 1.82) is 0 Å². The second-order valence-corrected chi connectivity index (χ2v) is 9.27. The summed E-state index contributed by atoms with van der Waals surface area (Å²) in [4.78, 5) is 12.1. The monoisotopic (exact) mass is 512 g/mol. The molecule has 0 aliphatic heterocycles. The van der Waals surface area contributed by atoms with E-state index in [1.165, 1.54) is 0 Å². The first-order chi connectivity index (χ1) is 14.6. The number of carbonyl (C=O) groups is 1. The third kappa shape index (κ3) is 5.52.